The summed E-state index contributed by atoms with van der Waals surface area (Å²) in [6.45, 7) is 14.4. The standard InChI is InChI=1S/C17H33N3O/c1-15(2)12-17(13-18,16(3,4)21-15)20-10-9-19-8-6-5-7-14(19)11-20/h14H,5-13,18H2,1-4H3. The maximum atomic E-state index is 6.40. The fraction of sp³-hybridized carbons (Fsp3) is 1.00. The minimum atomic E-state index is -0.178. The second-order valence-electron chi connectivity index (χ2n) is 8.42. The first-order chi connectivity index (χ1) is 9.80. The second kappa shape index (κ2) is 5.19. The molecule has 3 saturated heterocycles. The number of fused-ring (bicyclic) bond motifs is 1. The number of nitrogens with zero attached hydrogens (tertiary/aromatic N) is 2. The summed E-state index contributed by atoms with van der Waals surface area (Å²) in [6.07, 6.45) is 5.15. The van der Waals surface area contributed by atoms with Crippen LogP contribution in [0.25, 0.3) is 0 Å². The van der Waals surface area contributed by atoms with Crippen LogP contribution in [-0.2, 0) is 4.74 Å². The van der Waals surface area contributed by atoms with Crippen LogP contribution in [-0.4, -0.2) is 65.3 Å². The zero-order chi connectivity index (χ0) is 15.3. The van der Waals surface area contributed by atoms with E-state index in [0.717, 1.165) is 19.0 Å². The number of piperazine rings is 1. The molecule has 3 heterocycles. The Morgan fingerprint density at radius 2 is 1.86 bits per heavy atom. The largest absolute Gasteiger partial charge is 0.368 e. The topological polar surface area (TPSA) is 41.7 Å². The minimum Gasteiger partial charge on any atom is -0.368 e. The van der Waals surface area contributed by atoms with E-state index in [-0.39, 0.29) is 16.7 Å². The first-order valence-corrected chi connectivity index (χ1v) is 8.69. The van der Waals surface area contributed by atoms with Crippen LogP contribution in [0.5, 0.6) is 0 Å². The molecule has 4 nitrogen and oxygen atoms in total. The lowest BCUT2D eigenvalue weighted by atomic mass is 9.76. The zero-order valence-electron chi connectivity index (χ0n) is 14.3. The Kier molecular flexibility index (Phi) is 3.89. The first kappa shape index (κ1) is 15.7. The number of piperidine rings is 1. The Balaban J connectivity index is 1.83. The highest BCUT2D eigenvalue weighted by Gasteiger charge is 2.59. The van der Waals surface area contributed by atoms with Gasteiger partial charge in [-0.1, -0.05) is 6.42 Å². The van der Waals surface area contributed by atoms with E-state index in [0.29, 0.717) is 6.54 Å². The zero-order valence-corrected chi connectivity index (χ0v) is 14.3. The van der Waals surface area contributed by atoms with Gasteiger partial charge in [0.05, 0.1) is 16.7 Å². The molecular weight excluding hydrogens is 262 g/mol. The molecule has 0 aromatic heterocycles. The number of rotatable bonds is 2. The van der Waals surface area contributed by atoms with Crippen LogP contribution in [0.1, 0.15) is 53.4 Å². The molecule has 3 rings (SSSR count). The molecule has 0 aromatic rings. The summed E-state index contributed by atoms with van der Waals surface area (Å²) >= 11 is 0. The molecule has 2 N–H and O–H groups in total. The Labute approximate surface area is 130 Å². The normalized spacial score (nSPS) is 40.1. The highest BCUT2D eigenvalue weighted by atomic mass is 16.5. The van der Waals surface area contributed by atoms with Crippen LogP contribution < -0.4 is 5.73 Å². The van der Waals surface area contributed by atoms with E-state index >= 15 is 0 Å². The summed E-state index contributed by atoms with van der Waals surface area (Å²) in [6, 6.07) is 0.732. The van der Waals surface area contributed by atoms with Crippen molar-refractivity contribution in [3.8, 4) is 0 Å². The van der Waals surface area contributed by atoms with E-state index in [2.05, 4.69) is 37.5 Å². The number of hydrogen-bond donors (Lipinski definition) is 1. The minimum absolute atomic E-state index is 0.0139. The van der Waals surface area contributed by atoms with Gasteiger partial charge in [-0.2, -0.15) is 0 Å². The van der Waals surface area contributed by atoms with Gasteiger partial charge in [0.15, 0.2) is 0 Å². The molecule has 3 aliphatic rings. The van der Waals surface area contributed by atoms with Gasteiger partial charge in [0.2, 0.25) is 0 Å². The third-order valence-electron chi connectivity index (χ3n) is 6.15. The van der Waals surface area contributed by atoms with Crippen molar-refractivity contribution in [3.05, 3.63) is 0 Å². The van der Waals surface area contributed by atoms with Gasteiger partial charge in [-0.25, -0.2) is 0 Å². The third-order valence-corrected chi connectivity index (χ3v) is 6.15. The van der Waals surface area contributed by atoms with Crippen molar-refractivity contribution < 1.29 is 4.74 Å². The van der Waals surface area contributed by atoms with Crippen molar-refractivity contribution in [1.82, 2.24) is 9.80 Å². The summed E-state index contributed by atoms with van der Waals surface area (Å²) in [4.78, 5) is 5.37. The highest BCUT2D eigenvalue weighted by Crippen LogP contribution is 2.48. The summed E-state index contributed by atoms with van der Waals surface area (Å²) in [5, 5.41) is 0. The molecule has 0 amide bonds. The van der Waals surface area contributed by atoms with Crippen molar-refractivity contribution in [1.29, 1.82) is 0 Å². The van der Waals surface area contributed by atoms with Gasteiger partial charge in [-0.05, 0) is 53.5 Å². The SMILES string of the molecule is CC1(C)CC(CN)(N2CCN3CCCCC3C2)C(C)(C)O1. The average molecular weight is 295 g/mol. The molecule has 0 bridgehead atoms. The third kappa shape index (κ3) is 2.54. The van der Waals surface area contributed by atoms with Crippen molar-refractivity contribution in [2.45, 2.75) is 76.2 Å². The summed E-state index contributed by atoms with van der Waals surface area (Å²) in [5.41, 5.74) is 6.06. The maximum absolute atomic E-state index is 6.40. The summed E-state index contributed by atoms with van der Waals surface area (Å²) < 4.78 is 6.40. The van der Waals surface area contributed by atoms with Gasteiger partial charge in [0.25, 0.3) is 0 Å². The van der Waals surface area contributed by atoms with E-state index < -0.39 is 0 Å². The molecular formula is C17H33N3O. The summed E-state index contributed by atoms with van der Waals surface area (Å²) in [5.74, 6) is 0. The van der Waals surface area contributed by atoms with Crippen molar-refractivity contribution in [2.75, 3.05) is 32.7 Å². The molecule has 0 radical (unpaired) electrons. The lowest BCUT2D eigenvalue weighted by Gasteiger charge is -2.54. The Morgan fingerprint density at radius 1 is 1.10 bits per heavy atom. The van der Waals surface area contributed by atoms with Crippen LogP contribution in [0.4, 0.5) is 0 Å². The van der Waals surface area contributed by atoms with Crippen LogP contribution in [0.15, 0.2) is 0 Å². The molecule has 0 spiro atoms. The fourth-order valence-corrected chi connectivity index (χ4v) is 5.22. The summed E-state index contributed by atoms with van der Waals surface area (Å²) in [7, 11) is 0. The van der Waals surface area contributed by atoms with E-state index in [1.165, 1.54) is 38.9 Å². The average Bonchev–Trinajstić information content (AvgIpc) is 2.63. The van der Waals surface area contributed by atoms with Crippen LogP contribution in [0.3, 0.4) is 0 Å². The van der Waals surface area contributed by atoms with Crippen molar-refractivity contribution in [3.63, 3.8) is 0 Å². The van der Waals surface area contributed by atoms with Crippen LogP contribution in [0.2, 0.25) is 0 Å². The van der Waals surface area contributed by atoms with Gasteiger partial charge in [0, 0.05) is 32.2 Å². The van der Waals surface area contributed by atoms with Gasteiger partial charge >= 0.3 is 0 Å². The molecule has 122 valence electrons. The highest BCUT2D eigenvalue weighted by molar-refractivity contribution is 5.14. The van der Waals surface area contributed by atoms with Crippen molar-refractivity contribution >= 4 is 0 Å². The van der Waals surface area contributed by atoms with Crippen LogP contribution in [0, 0.1) is 0 Å². The second-order valence-corrected chi connectivity index (χ2v) is 8.42. The quantitative estimate of drug-likeness (QED) is 0.844. The molecule has 2 unspecified atom stereocenters. The molecule has 0 aromatic carbocycles. The predicted molar refractivity (Wildman–Crippen MR) is 86.4 cm³/mol. The maximum Gasteiger partial charge on any atom is 0.0830 e. The van der Waals surface area contributed by atoms with E-state index in [9.17, 15) is 0 Å². The molecule has 4 heteroatoms. The Hall–Kier alpha value is -0.160. The van der Waals surface area contributed by atoms with Gasteiger partial charge in [0.1, 0.15) is 0 Å². The first-order valence-electron chi connectivity index (χ1n) is 8.69. The smallest absolute Gasteiger partial charge is 0.0830 e. The number of hydrogen-bond acceptors (Lipinski definition) is 4. The van der Waals surface area contributed by atoms with Crippen LogP contribution >= 0.6 is 0 Å². The van der Waals surface area contributed by atoms with Gasteiger partial charge in [-0.15, -0.1) is 0 Å². The molecule has 0 saturated carbocycles. The fourth-order valence-electron chi connectivity index (χ4n) is 5.22. The molecule has 3 fully saturated rings. The molecule has 3 aliphatic heterocycles. The molecule has 0 aliphatic carbocycles. The van der Waals surface area contributed by atoms with E-state index in [4.69, 9.17) is 10.5 Å². The number of ether oxygens (including phenoxy) is 1. The molecule has 21 heavy (non-hydrogen) atoms. The monoisotopic (exact) mass is 295 g/mol. The lowest BCUT2D eigenvalue weighted by molar-refractivity contribution is -0.115. The van der Waals surface area contributed by atoms with Gasteiger partial charge in [-0.3, -0.25) is 9.80 Å². The number of nitrogens with two attached hydrogens (primary N) is 1. The predicted octanol–water partition coefficient (Wildman–Crippen LogP) is 1.83. The lowest BCUT2D eigenvalue weighted by Crippen LogP contribution is -2.69. The van der Waals surface area contributed by atoms with Crippen molar-refractivity contribution in [2.24, 2.45) is 5.73 Å². The van der Waals surface area contributed by atoms with E-state index in [1.807, 2.05) is 0 Å². The van der Waals surface area contributed by atoms with Gasteiger partial charge < -0.3 is 10.5 Å². The molecule has 2 atom stereocenters. The Bertz CT molecular complexity index is 395. The van der Waals surface area contributed by atoms with E-state index in [1.54, 1.807) is 0 Å². The Morgan fingerprint density at radius 3 is 2.48 bits per heavy atom.